The van der Waals surface area contributed by atoms with Gasteiger partial charge in [-0.05, 0) is 48.7 Å². The van der Waals surface area contributed by atoms with E-state index < -0.39 is 11.6 Å². The SMILES string of the molecule is O=C1NCc2nc(-c3c(F)cccc3F)cc(Cc3ccc(N4CCCC5(CCO5)C4)cn3)c21. The summed E-state index contributed by atoms with van der Waals surface area (Å²) in [5, 5.41) is 2.76. The summed E-state index contributed by atoms with van der Waals surface area (Å²) in [7, 11) is 0. The van der Waals surface area contributed by atoms with E-state index in [2.05, 4.69) is 20.2 Å². The molecule has 3 aromatic rings. The Labute approximate surface area is 196 Å². The zero-order chi connectivity index (χ0) is 23.3. The number of benzene rings is 1. The summed E-state index contributed by atoms with van der Waals surface area (Å²) in [6.07, 6.45) is 5.51. The Hall–Kier alpha value is -3.39. The van der Waals surface area contributed by atoms with E-state index >= 15 is 0 Å². The fraction of sp³-hybridized carbons (Fsp3) is 0.346. The van der Waals surface area contributed by atoms with Crippen LogP contribution in [0.2, 0.25) is 0 Å². The van der Waals surface area contributed by atoms with E-state index in [-0.39, 0.29) is 29.3 Å². The fourth-order valence-electron chi connectivity index (χ4n) is 5.26. The number of carbonyl (C=O) groups excluding carboxylic acids is 1. The standard InChI is InChI=1S/C26H24F2N4O2/c27-19-3-1-4-20(28)24(19)21-12-16(23-22(31-21)14-30-25(23)33)11-17-5-6-18(13-29-17)32-9-2-7-26(15-32)8-10-34-26/h1,3-6,12-13H,2,7-11,14-15H2,(H,30,33). The molecule has 1 aromatic carbocycles. The van der Waals surface area contributed by atoms with E-state index in [4.69, 9.17) is 4.74 Å². The molecule has 0 radical (unpaired) electrons. The number of ether oxygens (including phenoxy) is 1. The van der Waals surface area contributed by atoms with Crippen molar-refractivity contribution in [1.29, 1.82) is 0 Å². The predicted octanol–water partition coefficient (Wildman–Crippen LogP) is 4.02. The number of hydrogen-bond donors (Lipinski definition) is 1. The minimum atomic E-state index is -0.687. The molecule has 2 aromatic heterocycles. The molecule has 0 aliphatic carbocycles. The number of fused-ring (bicyclic) bond motifs is 1. The summed E-state index contributed by atoms with van der Waals surface area (Å²) in [6.45, 7) is 2.93. The molecule has 2 saturated heterocycles. The minimum Gasteiger partial charge on any atom is -0.373 e. The number of anilines is 1. The highest BCUT2D eigenvalue weighted by atomic mass is 19.1. The first-order chi connectivity index (χ1) is 16.5. The lowest BCUT2D eigenvalue weighted by Crippen LogP contribution is -2.56. The smallest absolute Gasteiger partial charge is 0.253 e. The third-order valence-corrected chi connectivity index (χ3v) is 7.09. The highest BCUT2D eigenvalue weighted by molar-refractivity contribution is 5.99. The maximum Gasteiger partial charge on any atom is 0.253 e. The highest BCUT2D eigenvalue weighted by Gasteiger charge is 2.42. The first-order valence-electron chi connectivity index (χ1n) is 11.6. The lowest BCUT2D eigenvalue weighted by molar-refractivity contribution is -0.150. The normalized spacial score (nSPS) is 21.4. The molecule has 6 nitrogen and oxygen atoms in total. The molecule has 0 saturated carbocycles. The summed E-state index contributed by atoms with van der Waals surface area (Å²) < 4.78 is 34.8. The topological polar surface area (TPSA) is 67.4 Å². The Morgan fingerprint density at radius 1 is 1.12 bits per heavy atom. The van der Waals surface area contributed by atoms with Gasteiger partial charge in [0.2, 0.25) is 0 Å². The van der Waals surface area contributed by atoms with Gasteiger partial charge in [-0.2, -0.15) is 0 Å². The highest BCUT2D eigenvalue weighted by Crippen LogP contribution is 2.37. The van der Waals surface area contributed by atoms with Crippen molar-refractivity contribution in [2.24, 2.45) is 0 Å². The number of carbonyl (C=O) groups is 1. The van der Waals surface area contributed by atoms with Crippen molar-refractivity contribution >= 4 is 11.6 Å². The summed E-state index contributed by atoms with van der Waals surface area (Å²) in [6, 6.07) is 9.32. The van der Waals surface area contributed by atoms with Gasteiger partial charge in [0.1, 0.15) is 11.6 Å². The summed E-state index contributed by atoms with van der Waals surface area (Å²) in [5.74, 6) is -1.60. The van der Waals surface area contributed by atoms with E-state index in [1.165, 1.54) is 18.2 Å². The second kappa shape index (κ2) is 8.13. The number of nitrogens with zero attached hydrogens (tertiary/aromatic N) is 3. The molecule has 1 spiro atoms. The van der Waals surface area contributed by atoms with Gasteiger partial charge in [0.25, 0.3) is 5.91 Å². The largest absolute Gasteiger partial charge is 0.373 e. The van der Waals surface area contributed by atoms with Gasteiger partial charge in [-0.1, -0.05) is 6.07 Å². The van der Waals surface area contributed by atoms with Crippen LogP contribution in [0.25, 0.3) is 11.3 Å². The van der Waals surface area contributed by atoms with Crippen LogP contribution in [-0.4, -0.2) is 41.2 Å². The van der Waals surface area contributed by atoms with Crippen LogP contribution in [0.15, 0.2) is 42.6 Å². The average Bonchev–Trinajstić information content (AvgIpc) is 3.19. The lowest BCUT2D eigenvalue weighted by Gasteiger charge is -2.49. The number of rotatable bonds is 4. The lowest BCUT2D eigenvalue weighted by atomic mass is 9.85. The molecule has 1 atom stereocenters. The van der Waals surface area contributed by atoms with Crippen molar-refractivity contribution in [3.8, 4) is 11.3 Å². The Morgan fingerprint density at radius 3 is 2.65 bits per heavy atom. The van der Waals surface area contributed by atoms with Crippen molar-refractivity contribution in [3.05, 3.63) is 76.7 Å². The molecular weight excluding hydrogens is 438 g/mol. The van der Waals surface area contributed by atoms with Gasteiger partial charge in [-0.25, -0.2) is 13.8 Å². The van der Waals surface area contributed by atoms with Gasteiger partial charge >= 0.3 is 0 Å². The Bertz CT molecular complexity index is 1250. The second-order valence-electron chi connectivity index (χ2n) is 9.26. The van der Waals surface area contributed by atoms with Crippen LogP contribution >= 0.6 is 0 Å². The zero-order valence-corrected chi connectivity index (χ0v) is 18.6. The molecule has 5 heterocycles. The fourth-order valence-corrected chi connectivity index (χ4v) is 5.26. The van der Waals surface area contributed by atoms with Crippen molar-refractivity contribution in [3.63, 3.8) is 0 Å². The van der Waals surface area contributed by atoms with Crippen LogP contribution < -0.4 is 10.2 Å². The average molecular weight is 463 g/mol. The van der Waals surface area contributed by atoms with Gasteiger partial charge in [0.15, 0.2) is 0 Å². The molecule has 3 aliphatic rings. The zero-order valence-electron chi connectivity index (χ0n) is 18.6. The van der Waals surface area contributed by atoms with Gasteiger partial charge in [-0.3, -0.25) is 9.78 Å². The first-order valence-corrected chi connectivity index (χ1v) is 11.6. The van der Waals surface area contributed by atoms with Crippen LogP contribution in [0, 0.1) is 11.6 Å². The van der Waals surface area contributed by atoms with E-state index in [0.29, 0.717) is 23.2 Å². The Balaban J connectivity index is 1.30. The molecule has 174 valence electrons. The quantitative estimate of drug-likeness (QED) is 0.635. The maximum atomic E-state index is 14.4. The molecule has 8 heteroatoms. The van der Waals surface area contributed by atoms with Crippen molar-refractivity contribution in [2.45, 2.75) is 37.8 Å². The molecule has 1 N–H and O–H groups in total. The van der Waals surface area contributed by atoms with E-state index in [1.54, 1.807) is 6.07 Å². The van der Waals surface area contributed by atoms with Crippen LogP contribution in [0.5, 0.6) is 0 Å². The first kappa shape index (κ1) is 21.2. The number of piperidine rings is 1. The Morgan fingerprint density at radius 2 is 1.94 bits per heavy atom. The van der Waals surface area contributed by atoms with Crippen LogP contribution in [0.1, 0.15) is 46.6 Å². The van der Waals surface area contributed by atoms with Gasteiger partial charge in [0, 0.05) is 31.6 Å². The number of amides is 1. The molecule has 0 bridgehead atoms. The summed E-state index contributed by atoms with van der Waals surface area (Å²) in [4.78, 5) is 23.8. The molecule has 1 unspecified atom stereocenters. The number of aromatic nitrogens is 2. The number of hydrogen-bond acceptors (Lipinski definition) is 5. The van der Waals surface area contributed by atoms with Gasteiger partial charge in [0.05, 0.1) is 53.2 Å². The van der Waals surface area contributed by atoms with Crippen molar-refractivity contribution in [1.82, 2.24) is 15.3 Å². The number of nitrogens with one attached hydrogen (secondary N) is 1. The molecule has 6 rings (SSSR count). The molecule has 1 amide bonds. The number of pyridine rings is 2. The van der Waals surface area contributed by atoms with Gasteiger partial charge in [-0.15, -0.1) is 0 Å². The van der Waals surface area contributed by atoms with Crippen LogP contribution in [-0.2, 0) is 17.7 Å². The van der Waals surface area contributed by atoms with Crippen LogP contribution in [0.4, 0.5) is 14.5 Å². The third kappa shape index (κ3) is 3.62. The molecular formula is C26H24F2N4O2. The van der Waals surface area contributed by atoms with Crippen LogP contribution in [0.3, 0.4) is 0 Å². The van der Waals surface area contributed by atoms with E-state index in [0.717, 1.165) is 50.3 Å². The van der Waals surface area contributed by atoms with Gasteiger partial charge < -0.3 is 15.0 Å². The van der Waals surface area contributed by atoms with E-state index in [1.807, 2.05) is 18.3 Å². The molecule has 34 heavy (non-hydrogen) atoms. The van der Waals surface area contributed by atoms with Crippen molar-refractivity contribution in [2.75, 3.05) is 24.6 Å². The van der Waals surface area contributed by atoms with Crippen molar-refractivity contribution < 1.29 is 18.3 Å². The molecule has 2 fully saturated rings. The molecule has 3 aliphatic heterocycles. The predicted molar refractivity (Wildman–Crippen MR) is 123 cm³/mol. The maximum absolute atomic E-state index is 14.4. The third-order valence-electron chi connectivity index (χ3n) is 7.09. The summed E-state index contributed by atoms with van der Waals surface area (Å²) >= 11 is 0. The second-order valence-corrected chi connectivity index (χ2v) is 9.26. The monoisotopic (exact) mass is 462 g/mol. The number of halogens is 2. The summed E-state index contributed by atoms with van der Waals surface area (Å²) in [5.41, 5.74) is 3.41. The minimum absolute atomic E-state index is 0.000261. The Kier molecular flexibility index (Phi) is 5.06. The van der Waals surface area contributed by atoms with E-state index in [9.17, 15) is 13.6 Å².